The molecular formula is C11H15Cl2NO. The highest BCUT2D eigenvalue weighted by Gasteiger charge is 2.09. The number of nitrogens with two attached hydrogens (primary N) is 1. The lowest BCUT2D eigenvalue weighted by atomic mass is 10.1. The molecule has 0 saturated carbocycles. The fourth-order valence-electron chi connectivity index (χ4n) is 1.28. The summed E-state index contributed by atoms with van der Waals surface area (Å²) in [6.07, 6.45) is 0.845. The van der Waals surface area contributed by atoms with Gasteiger partial charge in [-0.1, -0.05) is 23.2 Å². The lowest BCUT2D eigenvalue weighted by Gasteiger charge is -2.15. The molecule has 2 N–H and O–H groups in total. The molecule has 0 aromatic heterocycles. The molecule has 0 amide bonds. The summed E-state index contributed by atoms with van der Waals surface area (Å²) in [5.74, 6) is 0.768. The summed E-state index contributed by atoms with van der Waals surface area (Å²) in [7, 11) is 0. The highest BCUT2D eigenvalue weighted by atomic mass is 35.5. The molecule has 0 radical (unpaired) electrons. The Morgan fingerprint density at radius 2 is 1.87 bits per heavy atom. The molecule has 0 spiro atoms. The number of ether oxygens (including phenoxy) is 1. The summed E-state index contributed by atoms with van der Waals surface area (Å²) in [5.41, 5.74) is 6.52. The van der Waals surface area contributed by atoms with Crippen LogP contribution in [-0.2, 0) is 6.42 Å². The third-order valence-electron chi connectivity index (χ3n) is 1.88. The fraction of sp³-hybridized carbons (Fsp3) is 0.455. The molecule has 0 bridgehead atoms. The summed E-state index contributed by atoms with van der Waals surface area (Å²) in [5, 5.41) is 1.05. The summed E-state index contributed by atoms with van der Waals surface area (Å²) in [4.78, 5) is 0. The predicted octanol–water partition coefficient (Wildman–Crippen LogP) is 3.28. The second-order valence-electron chi connectivity index (χ2n) is 3.58. The molecule has 0 aliphatic rings. The molecule has 1 rings (SSSR count). The van der Waals surface area contributed by atoms with E-state index in [2.05, 4.69) is 0 Å². The van der Waals surface area contributed by atoms with E-state index in [4.69, 9.17) is 33.7 Å². The van der Waals surface area contributed by atoms with Gasteiger partial charge in [0.1, 0.15) is 5.75 Å². The van der Waals surface area contributed by atoms with Gasteiger partial charge in [-0.3, -0.25) is 0 Å². The van der Waals surface area contributed by atoms with E-state index in [-0.39, 0.29) is 6.10 Å². The Morgan fingerprint density at radius 3 is 2.40 bits per heavy atom. The van der Waals surface area contributed by atoms with E-state index in [1.807, 2.05) is 19.9 Å². The maximum Gasteiger partial charge on any atom is 0.124 e. The van der Waals surface area contributed by atoms with E-state index < -0.39 is 0 Å². The van der Waals surface area contributed by atoms with Crippen LogP contribution >= 0.6 is 23.2 Å². The minimum atomic E-state index is 0.110. The van der Waals surface area contributed by atoms with Gasteiger partial charge in [-0.15, -0.1) is 0 Å². The normalized spacial score (nSPS) is 10.8. The largest absolute Gasteiger partial charge is 0.491 e. The molecular weight excluding hydrogens is 233 g/mol. The Morgan fingerprint density at radius 1 is 1.27 bits per heavy atom. The summed E-state index contributed by atoms with van der Waals surface area (Å²) >= 11 is 11.9. The maximum absolute atomic E-state index is 5.93. The van der Waals surface area contributed by atoms with E-state index in [0.717, 1.165) is 17.7 Å². The third kappa shape index (κ3) is 3.56. The standard InChI is InChI=1S/C11H15Cl2NO/c1-7(2)15-11-6-10(13)9(12)5-8(11)3-4-14/h5-7H,3-4,14H2,1-2H3. The second kappa shape index (κ2) is 5.59. The van der Waals surface area contributed by atoms with Crippen molar-refractivity contribution in [2.75, 3.05) is 6.54 Å². The average molecular weight is 248 g/mol. The molecule has 1 aromatic carbocycles. The number of halogens is 2. The van der Waals surface area contributed by atoms with Gasteiger partial charge in [-0.05, 0) is 38.4 Å². The molecule has 15 heavy (non-hydrogen) atoms. The Labute approximate surface area is 100 Å². The molecule has 0 aliphatic heterocycles. The fourth-order valence-corrected chi connectivity index (χ4v) is 1.62. The third-order valence-corrected chi connectivity index (χ3v) is 2.60. The number of rotatable bonds is 4. The smallest absolute Gasteiger partial charge is 0.124 e. The van der Waals surface area contributed by atoms with Crippen LogP contribution in [0.5, 0.6) is 5.75 Å². The highest BCUT2D eigenvalue weighted by molar-refractivity contribution is 6.42. The van der Waals surface area contributed by atoms with Crippen molar-refractivity contribution in [2.24, 2.45) is 5.73 Å². The average Bonchev–Trinajstić information content (AvgIpc) is 2.13. The first-order chi connectivity index (χ1) is 7.04. The van der Waals surface area contributed by atoms with Crippen molar-refractivity contribution in [1.82, 2.24) is 0 Å². The lowest BCUT2D eigenvalue weighted by molar-refractivity contribution is 0.240. The van der Waals surface area contributed by atoms with Gasteiger partial charge >= 0.3 is 0 Å². The van der Waals surface area contributed by atoms with Crippen molar-refractivity contribution in [3.8, 4) is 5.75 Å². The Bertz CT molecular complexity index is 340. The van der Waals surface area contributed by atoms with Crippen molar-refractivity contribution < 1.29 is 4.74 Å². The minimum absolute atomic E-state index is 0.110. The van der Waals surface area contributed by atoms with Gasteiger partial charge in [0.05, 0.1) is 16.1 Å². The van der Waals surface area contributed by atoms with Crippen LogP contribution in [0.3, 0.4) is 0 Å². The molecule has 84 valence electrons. The molecule has 0 unspecified atom stereocenters. The molecule has 1 aromatic rings. The van der Waals surface area contributed by atoms with Crippen LogP contribution in [0.2, 0.25) is 10.0 Å². The monoisotopic (exact) mass is 247 g/mol. The minimum Gasteiger partial charge on any atom is -0.491 e. The Hall–Kier alpha value is -0.440. The van der Waals surface area contributed by atoms with Crippen molar-refractivity contribution in [3.05, 3.63) is 27.7 Å². The Kier molecular flexibility index (Phi) is 4.71. The van der Waals surface area contributed by atoms with E-state index in [0.29, 0.717) is 16.6 Å². The second-order valence-corrected chi connectivity index (χ2v) is 4.39. The zero-order valence-electron chi connectivity index (χ0n) is 8.89. The van der Waals surface area contributed by atoms with Crippen molar-refractivity contribution in [1.29, 1.82) is 0 Å². The van der Waals surface area contributed by atoms with Crippen LogP contribution < -0.4 is 10.5 Å². The molecule has 0 heterocycles. The van der Waals surface area contributed by atoms with Crippen LogP contribution in [-0.4, -0.2) is 12.6 Å². The topological polar surface area (TPSA) is 35.2 Å². The predicted molar refractivity (Wildman–Crippen MR) is 65.0 cm³/mol. The molecule has 2 nitrogen and oxygen atoms in total. The van der Waals surface area contributed by atoms with Crippen LogP contribution in [0.1, 0.15) is 19.4 Å². The first-order valence-corrected chi connectivity index (χ1v) is 5.64. The first kappa shape index (κ1) is 12.6. The van der Waals surface area contributed by atoms with Gasteiger partial charge in [-0.2, -0.15) is 0 Å². The molecule has 0 aliphatic carbocycles. The maximum atomic E-state index is 5.93. The molecule has 0 saturated heterocycles. The van der Waals surface area contributed by atoms with Crippen molar-refractivity contribution in [2.45, 2.75) is 26.4 Å². The number of benzene rings is 1. The van der Waals surface area contributed by atoms with Crippen molar-refractivity contribution in [3.63, 3.8) is 0 Å². The van der Waals surface area contributed by atoms with Crippen LogP contribution in [0.15, 0.2) is 12.1 Å². The van der Waals surface area contributed by atoms with Crippen LogP contribution in [0.4, 0.5) is 0 Å². The zero-order chi connectivity index (χ0) is 11.4. The van der Waals surface area contributed by atoms with E-state index in [9.17, 15) is 0 Å². The van der Waals surface area contributed by atoms with Crippen molar-refractivity contribution >= 4 is 23.2 Å². The van der Waals surface area contributed by atoms with Gasteiger partial charge in [0.15, 0.2) is 0 Å². The van der Waals surface area contributed by atoms with Gasteiger partial charge in [0.2, 0.25) is 0 Å². The molecule has 4 heteroatoms. The van der Waals surface area contributed by atoms with Gasteiger partial charge < -0.3 is 10.5 Å². The SMILES string of the molecule is CC(C)Oc1cc(Cl)c(Cl)cc1CCN. The van der Waals surface area contributed by atoms with E-state index in [1.54, 1.807) is 6.07 Å². The van der Waals surface area contributed by atoms with E-state index >= 15 is 0 Å². The number of hydrogen-bond acceptors (Lipinski definition) is 2. The van der Waals surface area contributed by atoms with Crippen LogP contribution in [0.25, 0.3) is 0 Å². The van der Waals surface area contributed by atoms with Gasteiger partial charge in [0.25, 0.3) is 0 Å². The van der Waals surface area contributed by atoms with E-state index in [1.165, 1.54) is 0 Å². The lowest BCUT2D eigenvalue weighted by Crippen LogP contribution is -2.10. The van der Waals surface area contributed by atoms with Crippen LogP contribution in [0, 0.1) is 0 Å². The first-order valence-electron chi connectivity index (χ1n) is 4.89. The zero-order valence-corrected chi connectivity index (χ0v) is 10.4. The van der Waals surface area contributed by atoms with Gasteiger partial charge in [0, 0.05) is 6.07 Å². The number of hydrogen-bond donors (Lipinski definition) is 1. The molecule has 0 atom stereocenters. The summed E-state index contributed by atoms with van der Waals surface area (Å²) < 4.78 is 5.64. The Balaban J connectivity index is 3.04. The summed E-state index contributed by atoms with van der Waals surface area (Å²) in [6, 6.07) is 3.56. The van der Waals surface area contributed by atoms with Gasteiger partial charge in [-0.25, -0.2) is 0 Å². The quantitative estimate of drug-likeness (QED) is 0.887. The summed E-state index contributed by atoms with van der Waals surface area (Å²) in [6.45, 7) is 4.50. The molecule has 0 fully saturated rings. The highest BCUT2D eigenvalue weighted by Crippen LogP contribution is 2.31.